The van der Waals surface area contributed by atoms with Gasteiger partial charge in [0.05, 0.1) is 16.9 Å². The van der Waals surface area contributed by atoms with E-state index in [1.807, 2.05) is 17.5 Å². The summed E-state index contributed by atoms with van der Waals surface area (Å²) in [7, 11) is 0. The van der Waals surface area contributed by atoms with Crippen molar-refractivity contribution in [3.8, 4) is 0 Å². The highest BCUT2D eigenvalue weighted by molar-refractivity contribution is 7.09. The smallest absolute Gasteiger partial charge is 0.252 e. The lowest BCUT2D eigenvalue weighted by Crippen LogP contribution is -2.19. The number of aromatic nitrogens is 1. The van der Waals surface area contributed by atoms with Crippen molar-refractivity contribution in [3.05, 3.63) is 80.8 Å². The van der Waals surface area contributed by atoms with E-state index < -0.39 is 17.5 Å². The van der Waals surface area contributed by atoms with Crippen LogP contribution in [0.15, 0.2) is 41.9 Å². The van der Waals surface area contributed by atoms with Crippen molar-refractivity contribution in [2.24, 2.45) is 5.73 Å². The maximum absolute atomic E-state index is 13.5. The summed E-state index contributed by atoms with van der Waals surface area (Å²) in [5.41, 5.74) is 13.7. The fraction of sp³-hybridized carbons (Fsp3) is 0.158. The highest BCUT2D eigenvalue weighted by Crippen LogP contribution is 2.32. The van der Waals surface area contributed by atoms with Crippen LogP contribution in [0.2, 0.25) is 0 Å². The molecule has 4 nitrogen and oxygen atoms in total. The van der Waals surface area contributed by atoms with Crippen LogP contribution in [0.25, 0.3) is 0 Å². The van der Waals surface area contributed by atoms with Gasteiger partial charge in [-0.3, -0.25) is 9.78 Å². The van der Waals surface area contributed by atoms with Crippen LogP contribution in [0.5, 0.6) is 0 Å². The molecule has 134 valence electrons. The quantitative estimate of drug-likeness (QED) is 0.713. The maximum atomic E-state index is 13.5. The van der Waals surface area contributed by atoms with Crippen LogP contribution in [0, 0.1) is 11.6 Å². The number of halogens is 2. The Morgan fingerprint density at radius 1 is 1.27 bits per heavy atom. The summed E-state index contributed by atoms with van der Waals surface area (Å²) in [4.78, 5) is 17.4. The summed E-state index contributed by atoms with van der Waals surface area (Å²) in [6.07, 6.45) is 2.01. The lowest BCUT2D eigenvalue weighted by Gasteiger charge is -2.18. The van der Waals surface area contributed by atoms with E-state index >= 15 is 0 Å². The van der Waals surface area contributed by atoms with Gasteiger partial charge < -0.3 is 11.5 Å². The van der Waals surface area contributed by atoms with Gasteiger partial charge in [0.25, 0.3) is 5.91 Å². The summed E-state index contributed by atoms with van der Waals surface area (Å²) in [5.74, 6) is -2.91. The second-order valence-electron chi connectivity index (χ2n) is 5.96. The standard InChI is InChI=1S/C19H17F2N3OS/c1-10(11-4-5-14(20)15(21)7-11)13-9-24-16(8-12-3-2-6-26-12)17(18(13)22)19(23)25/h2-7,9-10H,8H2,1H3,(H2,22,24)(H2,23,25)/t10-/m0/s1. The second-order valence-corrected chi connectivity index (χ2v) is 7.00. The van der Waals surface area contributed by atoms with E-state index in [9.17, 15) is 13.6 Å². The van der Waals surface area contributed by atoms with Gasteiger partial charge in [0, 0.05) is 29.0 Å². The van der Waals surface area contributed by atoms with Crippen molar-refractivity contribution in [1.82, 2.24) is 4.98 Å². The number of amides is 1. The SMILES string of the molecule is C[C@@H](c1ccc(F)c(F)c1)c1cnc(Cc2cccs2)c(C(N)=O)c1N. The fourth-order valence-corrected chi connectivity index (χ4v) is 3.58. The zero-order valence-corrected chi connectivity index (χ0v) is 14.8. The van der Waals surface area contributed by atoms with E-state index in [2.05, 4.69) is 4.98 Å². The number of primary amides is 1. The van der Waals surface area contributed by atoms with Crippen molar-refractivity contribution in [1.29, 1.82) is 0 Å². The molecule has 1 atom stereocenters. The van der Waals surface area contributed by atoms with Crippen LogP contribution in [0.4, 0.5) is 14.5 Å². The number of hydrogen-bond acceptors (Lipinski definition) is 4. The van der Waals surface area contributed by atoms with Gasteiger partial charge in [-0.15, -0.1) is 11.3 Å². The van der Waals surface area contributed by atoms with Gasteiger partial charge >= 0.3 is 0 Å². The second kappa shape index (κ2) is 7.21. The average Bonchev–Trinajstić information content (AvgIpc) is 3.09. The van der Waals surface area contributed by atoms with E-state index in [4.69, 9.17) is 11.5 Å². The zero-order chi connectivity index (χ0) is 18.8. The van der Waals surface area contributed by atoms with Crippen molar-refractivity contribution in [2.75, 3.05) is 5.73 Å². The normalized spacial score (nSPS) is 12.1. The molecule has 2 aromatic heterocycles. The average molecular weight is 373 g/mol. The molecular weight excluding hydrogens is 356 g/mol. The molecule has 0 aliphatic heterocycles. The molecule has 2 heterocycles. The van der Waals surface area contributed by atoms with Gasteiger partial charge in [-0.1, -0.05) is 19.1 Å². The predicted octanol–water partition coefficient (Wildman–Crippen LogP) is 3.85. The molecule has 0 bridgehead atoms. The first-order valence-electron chi connectivity index (χ1n) is 7.92. The number of nitrogens with zero attached hydrogens (tertiary/aromatic N) is 1. The zero-order valence-electron chi connectivity index (χ0n) is 14.0. The van der Waals surface area contributed by atoms with Crippen molar-refractivity contribution in [2.45, 2.75) is 19.3 Å². The Hall–Kier alpha value is -2.80. The Morgan fingerprint density at radius 2 is 2.04 bits per heavy atom. The predicted molar refractivity (Wildman–Crippen MR) is 98.2 cm³/mol. The van der Waals surface area contributed by atoms with Crippen molar-refractivity contribution < 1.29 is 13.6 Å². The third kappa shape index (κ3) is 3.43. The Kier molecular flexibility index (Phi) is 4.99. The van der Waals surface area contributed by atoms with Crippen LogP contribution in [0.1, 0.15) is 44.9 Å². The fourth-order valence-electron chi connectivity index (χ4n) is 2.87. The Labute approximate surface area is 153 Å². The van der Waals surface area contributed by atoms with Crippen LogP contribution in [-0.2, 0) is 6.42 Å². The van der Waals surface area contributed by atoms with Crippen LogP contribution >= 0.6 is 11.3 Å². The van der Waals surface area contributed by atoms with E-state index in [0.717, 1.165) is 17.0 Å². The molecule has 0 radical (unpaired) electrons. The van der Waals surface area contributed by atoms with Gasteiger partial charge in [0.2, 0.25) is 0 Å². The topological polar surface area (TPSA) is 82.0 Å². The minimum absolute atomic E-state index is 0.172. The minimum atomic E-state index is -0.940. The molecular formula is C19H17F2N3OS. The first-order chi connectivity index (χ1) is 12.4. The molecule has 1 amide bonds. The van der Waals surface area contributed by atoms with E-state index in [1.165, 1.54) is 6.07 Å². The molecule has 0 saturated carbocycles. The van der Waals surface area contributed by atoms with E-state index in [0.29, 0.717) is 23.2 Å². The van der Waals surface area contributed by atoms with Gasteiger partial charge in [-0.2, -0.15) is 0 Å². The molecule has 3 aromatic rings. The monoisotopic (exact) mass is 373 g/mol. The molecule has 7 heteroatoms. The number of benzene rings is 1. The Bertz CT molecular complexity index is 958. The summed E-state index contributed by atoms with van der Waals surface area (Å²) >= 11 is 1.54. The van der Waals surface area contributed by atoms with Gasteiger partial charge in [0.15, 0.2) is 11.6 Å². The number of pyridine rings is 1. The van der Waals surface area contributed by atoms with E-state index in [-0.39, 0.29) is 17.2 Å². The van der Waals surface area contributed by atoms with Crippen LogP contribution < -0.4 is 11.5 Å². The Balaban J connectivity index is 2.04. The first kappa shape index (κ1) is 18.0. The number of nitrogen functional groups attached to an aromatic ring is 1. The first-order valence-corrected chi connectivity index (χ1v) is 8.80. The molecule has 0 saturated heterocycles. The molecule has 1 aromatic carbocycles. The largest absolute Gasteiger partial charge is 0.398 e. The lowest BCUT2D eigenvalue weighted by atomic mass is 9.90. The van der Waals surface area contributed by atoms with E-state index in [1.54, 1.807) is 24.5 Å². The minimum Gasteiger partial charge on any atom is -0.398 e. The van der Waals surface area contributed by atoms with Crippen molar-refractivity contribution >= 4 is 22.9 Å². The third-order valence-corrected chi connectivity index (χ3v) is 5.18. The molecule has 0 aliphatic rings. The summed E-state index contributed by atoms with van der Waals surface area (Å²) in [6.45, 7) is 1.78. The van der Waals surface area contributed by atoms with Gasteiger partial charge in [-0.25, -0.2) is 8.78 Å². The highest BCUT2D eigenvalue weighted by atomic mass is 32.1. The number of hydrogen-bond donors (Lipinski definition) is 2. The van der Waals surface area contributed by atoms with Gasteiger partial charge in [0.1, 0.15) is 0 Å². The molecule has 0 fully saturated rings. The molecule has 0 spiro atoms. The third-order valence-electron chi connectivity index (χ3n) is 4.31. The summed E-state index contributed by atoms with van der Waals surface area (Å²) in [5, 5.41) is 1.93. The number of carbonyl (C=O) groups is 1. The van der Waals surface area contributed by atoms with Crippen molar-refractivity contribution in [3.63, 3.8) is 0 Å². The number of rotatable bonds is 5. The number of carbonyl (C=O) groups excluding carboxylic acids is 1. The molecule has 3 rings (SSSR count). The van der Waals surface area contributed by atoms with Crippen LogP contribution in [-0.4, -0.2) is 10.9 Å². The number of anilines is 1. The molecule has 0 aliphatic carbocycles. The summed E-state index contributed by atoms with van der Waals surface area (Å²) < 4.78 is 26.7. The molecule has 0 unspecified atom stereocenters. The summed E-state index contributed by atoms with van der Waals surface area (Å²) in [6, 6.07) is 7.50. The number of nitrogens with two attached hydrogens (primary N) is 2. The number of thiophene rings is 1. The highest BCUT2D eigenvalue weighted by Gasteiger charge is 2.22. The maximum Gasteiger partial charge on any atom is 0.252 e. The lowest BCUT2D eigenvalue weighted by molar-refractivity contribution is 0.1000. The Morgan fingerprint density at radius 3 is 2.65 bits per heavy atom. The van der Waals surface area contributed by atoms with Gasteiger partial charge in [-0.05, 0) is 29.1 Å². The molecule has 4 N–H and O–H groups in total. The van der Waals surface area contributed by atoms with Crippen LogP contribution in [0.3, 0.4) is 0 Å². The molecule has 26 heavy (non-hydrogen) atoms.